The number of rotatable bonds is 4. The Morgan fingerprint density at radius 2 is 2.00 bits per heavy atom. The molecule has 0 aromatic heterocycles. The van der Waals surface area contributed by atoms with Gasteiger partial charge in [-0.25, -0.2) is 0 Å². The normalized spacial score (nSPS) is 23.1. The molecule has 1 saturated carbocycles. The van der Waals surface area contributed by atoms with E-state index in [1.54, 1.807) is 18.9 Å². The van der Waals surface area contributed by atoms with Crippen LogP contribution in [0.5, 0.6) is 5.75 Å². The van der Waals surface area contributed by atoms with Crippen molar-refractivity contribution in [3.8, 4) is 5.75 Å². The van der Waals surface area contributed by atoms with Gasteiger partial charge in [0, 0.05) is 23.8 Å². The van der Waals surface area contributed by atoms with Crippen LogP contribution in [0.4, 0.5) is 5.69 Å². The van der Waals surface area contributed by atoms with E-state index in [0.29, 0.717) is 13.1 Å². The van der Waals surface area contributed by atoms with Crippen molar-refractivity contribution < 1.29 is 14.3 Å². The molecule has 2 amide bonds. The van der Waals surface area contributed by atoms with E-state index in [9.17, 15) is 9.59 Å². The minimum Gasteiger partial charge on any atom is -0.497 e. The Bertz CT molecular complexity index is 1030. The number of carbonyl (C=O) groups excluding carboxylic acids is 2. The van der Waals surface area contributed by atoms with Gasteiger partial charge in [0.05, 0.1) is 19.3 Å². The molecule has 6 heteroatoms. The summed E-state index contributed by atoms with van der Waals surface area (Å²) in [5.74, 6) is 1.78. The average Bonchev–Trinajstić information content (AvgIpc) is 3.51. The summed E-state index contributed by atoms with van der Waals surface area (Å²) in [6.07, 6.45) is 4.10. The van der Waals surface area contributed by atoms with Gasteiger partial charge in [-0.15, -0.1) is 11.8 Å². The minimum absolute atomic E-state index is 0.00441. The summed E-state index contributed by atoms with van der Waals surface area (Å²) >= 11 is 1.62. The first kappa shape index (κ1) is 20.4. The quantitative estimate of drug-likeness (QED) is 0.710. The highest BCUT2D eigenvalue weighted by Crippen LogP contribution is 2.55. The Balaban J connectivity index is 1.56. The maximum atomic E-state index is 14.1. The molecule has 2 aromatic rings. The highest BCUT2D eigenvalue weighted by atomic mass is 32.2. The van der Waals surface area contributed by atoms with Crippen LogP contribution in [0.1, 0.15) is 42.4 Å². The monoisotopic (exact) mass is 436 g/mol. The van der Waals surface area contributed by atoms with Crippen LogP contribution in [-0.4, -0.2) is 36.1 Å². The van der Waals surface area contributed by atoms with Crippen molar-refractivity contribution in [2.24, 2.45) is 5.92 Å². The standard InChI is InChI=1S/C25H28N2O3S/c1-17-10-11-22-21(14-17)25(27(12-13-31-25)23(28)19-7-3-4-8-19)24(29)26(22)16-18-6-5-9-20(15-18)30-2/h5-6,9-11,14-15,19H,3-4,7-8,12-13,16H2,1-2H3/t25-/m1/s1. The summed E-state index contributed by atoms with van der Waals surface area (Å²) in [5.41, 5.74) is 3.99. The second kappa shape index (κ2) is 7.90. The van der Waals surface area contributed by atoms with Gasteiger partial charge in [0.2, 0.25) is 5.91 Å². The third-order valence-electron chi connectivity index (χ3n) is 6.79. The van der Waals surface area contributed by atoms with Gasteiger partial charge in [-0.3, -0.25) is 9.59 Å². The van der Waals surface area contributed by atoms with Gasteiger partial charge in [0.15, 0.2) is 4.87 Å². The molecule has 1 saturated heterocycles. The number of nitrogens with zero attached hydrogens (tertiary/aromatic N) is 2. The molecule has 31 heavy (non-hydrogen) atoms. The number of anilines is 1. The predicted octanol–water partition coefficient (Wildman–Crippen LogP) is 4.47. The van der Waals surface area contributed by atoms with Crippen LogP contribution in [-0.2, 0) is 21.0 Å². The van der Waals surface area contributed by atoms with Gasteiger partial charge < -0.3 is 14.5 Å². The zero-order valence-electron chi connectivity index (χ0n) is 18.1. The van der Waals surface area contributed by atoms with Crippen LogP contribution < -0.4 is 9.64 Å². The molecule has 1 spiro atoms. The molecule has 2 fully saturated rings. The van der Waals surface area contributed by atoms with Gasteiger partial charge in [-0.05, 0) is 43.5 Å². The molecule has 2 aliphatic heterocycles. The van der Waals surface area contributed by atoms with Crippen molar-refractivity contribution >= 4 is 29.3 Å². The number of hydrogen-bond acceptors (Lipinski definition) is 4. The maximum Gasteiger partial charge on any atom is 0.268 e. The number of thioether (sulfide) groups is 1. The zero-order valence-corrected chi connectivity index (χ0v) is 18.9. The Labute approximate surface area is 187 Å². The summed E-state index contributed by atoms with van der Waals surface area (Å²) in [4.78, 5) is 30.4. The largest absolute Gasteiger partial charge is 0.497 e. The van der Waals surface area contributed by atoms with E-state index in [-0.39, 0.29) is 17.7 Å². The topological polar surface area (TPSA) is 49.9 Å². The lowest BCUT2D eigenvalue weighted by Gasteiger charge is -2.35. The lowest BCUT2D eigenvalue weighted by molar-refractivity contribution is -0.143. The fourth-order valence-electron chi connectivity index (χ4n) is 5.25. The second-order valence-electron chi connectivity index (χ2n) is 8.73. The lowest BCUT2D eigenvalue weighted by Crippen LogP contribution is -2.51. The van der Waals surface area contributed by atoms with Crippen molar-refractivity contribution in [3.63, 3.8) is 0 Å². The first-order valence-corrected chi connectivity index (χ1v) is 12.0. The minimum atomic E-state index is -0.931. The Morgan fingerprint density at radius 3 is 2.77 bits per heavy atom. The highest BCUT2D eigenvalue weighted by Gasteiger charge is 2.59. The maximum absolute atomic E-state index is 14.1. The molecule has 0 radical (unpaired) electrons. The second-order valence-corrected chi connectivity index (χ2v) is 10.0. The molecule has 162 valence electrons. The van der Waals surface area contributed by atoms with Crippen LogP contribution in [0.3, 0.4) is 0 Å². The fraction of sp³-hybridized carbons (Fsp3) is 0.440. The molecule has 0 unspecified atom stereocenters. The molecule has 2 aromatic carbocycles. The van der Waals surface area contributed by atoms with Gasteiger partial charge >= 0.3 is 0 Å². The molecule has 2 heterocycles. The van der Waals surface area contributed by atoms with Crippen molar-refractivity contribution in [2.45, 2.75) is 44.0 Å². The first-order chi connectivity index (χ1) is 15.0. The number of methoxy groups -OCH3 is 1. The third-order valence-corrected chi connectivity index (χ3v) is 8.21. The number of fused-ring (bicyclic) bond motifs is 2. The molecular formula is C25H28N2O3S. The van der Waals surface area contributed by atoms with Crippen molar-refractivity contribution in [1.29, 1.82) is 0 Å². The third kappa shape index (κ3) is 3.23. The number of carbonyl (C=O) groups is 2. The molecule has 5 rings (SSSR count). The highest BCUT2D eigenvalue weighted by molar-refractivity contribution is 8.01. The SMILES string of the molecule is COc1cccc(CN2C(=O)[C@]3(SCCN3C(=O)C3CCCC3)c3cc(C)ccc32)c1. The van der Waals surface area contributed by atoms with Crippen molar-refractivity contribution in [3.05, 3.63) is 59.2 Å². The van der Waals surface area contributed by atoms with Gasteiger partial charge in [-0.2, -0.15) is 0 Å². The van der Waals surface area contributed by atoms with Crippen LogP contribution in [0.15, 0.2) is 42.5 Å². The van der Waals surface area contributed by atoms with Crippen LogP contribution >= 0.6 is 11.8 Å². The molecule has 3 aliphatic rings. The molecule has 0 bridgehead atoms. The molecular weight excluding hydrogens is 408 g/mol. The van der Waals surface area contributed by atoms with E-state index >= 15 is 0 Å². The van der Waals surface area contributed by atoms with Gasteiger partial charge in [-0.1, -0.05) is 42.7 Å². The van der Waals surface area contributed by atoms with E-state index in [1.165, 1.54) is 0 Å². The number of ether oxygens (including phenoxy) is 1. The number of aryl methyl sites for hydroxylation is 1. The predicted molar refractivity (Wildman–Crippen MR) is 123 cm³/mol. The Morgan fingerprint density at radius 1 is 1.19 bits per heavy atom. The Kier molecular flexibility index (Phi) is 5.21. The lowest BCUT2D eigenvalue weighted by atomic mass is 10.00. The summed E-state index contributed by atoms with van der Waals surface area (Å²) < 4.78 is 5.37. The number of hydrogen-bond donors (Lipinski definition) is 0. The van der Waals surface area contributed by atoms with E-state index in [4.69, 9.17) is 4.74 Å². The molecule has 1 aliphatic carbocycles. The smallest absolute Gasteiger partial charge is 0.268 e. The van der Waals surface area contributed by atoms with Gasteiger partial charge in [0.25, 0.3) is 5.91 Å². The van der Waals surface area contributed by atoms with Crippen LogP contribution in [0.2, 0.25) is 0 Å². The van der Waals surface area contributed by atoms with E-state index < -0.39 is 4.87 Å². The first-order valence-electron chi connectivity index (χ1n) is 11.1. The fourth-order valence-corrected chi connectivity index (χ4v) is 6.71. The summed E-state index contributed by atoms with van der Waals surface area (Å²) in [6, 6.07) is 14.0. The van der Waals surface area contributed by atoms with E-state index in [1.807, 2.05) is 53.1 Å². The van der Waals surface area contributed by atoms with Crippen LogP contribution in [0.25, 0.3) is 0 Å². The summed E-state index contributed by atoms with van der Waals surface area (Å²) in [7, 11) is 1.65. The average molecular weight is 437 g/mol. The number of benzene rings is 2. The summed E-state index contributed by atoms with van der Waals surface area (Å²) in [6.45, 7) is 3.14. The van der Waals surface area contributed by atoms with Gasteiger partial charge in [0.1, 0.15) is 5.75 Å². The van der Waals surface area contributed by atoms with E-state index in [2.05, 4.69) is 6.07 Å². The number of amides is 2. The van der Waals surface area contributed by atoms with Crippen molar-refractivity contribution in [2.75, 3.05) is 24.3 Å². The van der Waals surface area contributed by atoms with Crippen LogP contribution in [0, 0.1) is 12.8 Å². The molecule has 0 N–H and O–H groups in total. The van der Waals surface area contributed by atoms with Crippen molar-refractivity contribution in [1.82, 2.24) is 4.90 Å². The summed E-state index contributed by atoms with van der Waals surface area (Å²) in [5, 5.41) is 0. The molecule has 1 atom stereocenters. The van der Waals surface area contributed by atoms with E-state index in [0.717, 1.165) is 59.6 Å². The zero-order chi connectivity index (χ0) is 21.6. The Hall–Kier alpha value is -2.47. The molecule has 5 nitrogen and oxygen atoms in total.